The van der Waals surface area contributed by atoms with Crippen LogP contribution >= 0.6 is 0 Å². The summed E-state index contributed by atoms with van der Waals surface area (Å²) >= 11 is 0. The van der Waals surface area contributed by atoms with E-state index < -0.39 is 0 Å². The van der Waals surface area contributed by atoms with Crippen LogP contribution in [-0.2, 0) is 6.42 Å². The Morgan fingerprint density at radius 1 is 1.19 bits per heavy atom. The number of benzene rings is 1. The molecule has 26 heavy (non-hydrogen) atoms. The van der Waals surface area contributed by atoms with Crippen molar-refractivity contribution in [3.05, 3.63) is 47.8 Å². The van der Waals surface area contributed by atoms with E-state index >= 15 is 0 Å². The van der Waals surface area contributed by atoms with Crippen LogP contribution < -0.4 is 15.4 Å². The monoisotopic (exact) mass is 354 g/mol. The lowest BCUT2D eigenvalue weighted by Crippen LogP contribution is -2.36. The SMILES string of the molecule is COc1ccccc1CCNc1nccc(C(=O)NC2CCCCC2)n1. The maximum atomic E-state index is 12.4. The lowest BCUT2D eigenvalue weighted by Gasteiger charge is -2.22. The Kier molecular flexibility index (Phi) is 6.41. The van der Waals surface area contributed by atoms with Gasteiger partial charge in [-0.15, -0.1) is 0 Å². The lowest BCUT2D eigenvalue weighted by molar-refractivity contribution is 0.0922. The zero-order valence-corrected chi connectivity index (χ0v) is 15.2. The smallest absolute Gasteiger partial charge is 0.270 e. The fourth-order valence-corrected chi connectivity index (χ4v) is 3.30. The van der Waals surface area contributed by atoms with Gasteiger partial charge in [0.2, 0.25) is 5.95 Å². The molecule has 0 saturated heterocycles. The van der Waals surface area contributed by atoms with Crippen LogP contribution in [-0.4, -0.2) is 35.6 Å². The van der Waals surface area contributed by atoms with Gasteiger partial charge in [-0.2, -0.15) is 0 Å². The van der Waals surface area contributed by atoms with Crippen molar-refractivity contribution in [3.63, 3.8) is 0 Å². The van der Waals surface area contributed by atoms with Gasteiger partial charge in [-0.1, -0.05) is 37.5 Å². The number of amides is 1. The second-order valence-corrected chi connectivity index (χ2v) is 6.56. The first kappa shape index (κ1) is 18.2. The van der Waals surface area contributed by atoms with Gasteiger partial charge in [0.25, 0.3) is 5.91 Å². The number of ether oxygens (including phenoxy) is 1. The molecule has 0 unspecified atom stereocenters. The first-order valence-corrected chi connectivity index (χ1v) is 9.26. The Labute approximate surface area is 154 Å². The lowest BCUT2D eigenvalue weighted by atomic mass is 9.95. The zero-order chi connectivity index (χ0) is 18.2. The minimum atomic E-state index is -0.118. The molecule has 1 aliphatic rings. The zero-order valence-electron chi connectivity index (χ0n) is 15.2. The molecule has 0 bridgehead atoms. The summed E-state index contributed by atoms with van der Waals surface area (Å²) < 4.78 is 5.36. The van der Waals surface area contributed by atoms with Gasteiger partial charge in [0, 0.05) is 18.8 Å². The van der Waals surface area contributed by atoms with E-state index in [1.54, 1.807) is 19.4 Å². The summed E-state index contributed by atoms with van der Waals surface area (Å²) in [5, 5.41) is 6.27. The topological polar surface area (TPSA) is 76.1 Å². The van der Waals surface area contributed by atoms with Crippen molar-refractivity contribution in [2.75, 3.05) is 19.0 Å². The number of carbonyl (C=O) groups is 1. The van der Waals surface area contributed by atoms with Crippen molar-refractivity contribution in [3.8, 4) is 5.75 Å². The highest BCUT2D eigenvalue weighted by molar-refractivity contribution is 5.92. The van der Waals surface area contributed by atoms with Crippen molar-refractivity contribution in [2.24, 2.45) is 0 Å². The summed E-state index contributed by atoms with van der Waals surface area (Å²) in [7, 11) is 1.67. The molecule has 1 aromatic heterocycles. The molecule has 6 heteroatoms. The number of methoxy groups -OCH3 is 1. The number of hydrogen-bond acceptors (Lipinski definition) is 5. The molecule has 0 aliphatic heterocycles. The van der Waals surface area contributed by atoms with E-state index in [1.807, 2.05) is 24.3 Å². The van der Waals surface area contributed by atoms with E-state index in [2.05, 4.69) is 20.6 Å². The molecule has 0 radical (unpaired) electrons. The van der Waals surface area contributed by atoms with Gasteiger partial charge >= 0.3 is 0 Å². The number of rotatable bonds is 7. The van der Waals surface area contributed by atoms with E-state index in [9.17, 15) is 4.79 Å². The quantitative estimate of drug-likeness (QED) is 0.798. The number of nitrogens with zero attached hydrogens (tertiary/aromatic N) is 2. The predicted molar refractivity (Wildman–Crippen MR) is 102 cm³/mol. The maximum Gasteiger partial charge on any atom is 0.270 e. The summed E-state index contributed by atoms with van der Waals surface area (Å²) in [6.07, 6.45) is 8.15. The van der Waals surface area contributed by atoms with E-state index in [-0.39, 0.29) is 11.9 Å². The van der Waals surface area contributed by atoms with Crippen LogP contribution in [0.25, 0.3) is 0 Å². The molecule has 2 aromatic rings. The molecule has 2 N–H and O–H groups in total. The molecule has 1 fully saturated rings. The standard InChI is InChI=1S/C20H26N4O2/c1-26-18-10-6-5-7-15(18)11-13-21-20-22-14-12-17(24-20)19(25)23-16-8-3-2-4-9-16/h5-7,10,12,14,16H,2-4,8-9,11,13H2,1H3,(H,23,25)(H,21,22,24). The molecule has 1 aliphatic carbocycles. The normalized spacial score (nSPS) is 14.7. The third-order valence-corrected chi connectivity index (χ3v) is 4.70. The van der Waals surface area contributed by atoms with Gasteiger partial charge < -0.3 is 15.4 Å². The Balaban J connectivity index is 1.54. The van der Waals surface area contributed by atoms with Crippen LogP contribution in [0.3, 0.4) is 0 Å². The van der Waals surface area contributed by atoms with E-state index in [1.165, 1.54) is 19.3 Å². The predicted octanol–water partition coefficient (Wildman–Crippen LogP) is 3.20. The molecule has 6 nitrogen and oxygen atoms in total. The van der Waals surface area contributed by atoms with Crippen LogP contribution in [0.5, 0.6) is 5.75 Å². The highest BCUT2D eigenvalue weighted by atomic mass is 16.5. The third-order valence-electron chi connectivity index (χ3n) is 4.70. The van der Waals surface area contributed by atoms with E-state index in [0.29, 0.717) is 18.2 Å². The van der Waals surface area contributed by atoms with Gasteiger partial charge in [-0.25, -0.2) is 9.97 Å². The van der Waals surface area contributed by atoms with Crippen LogP contribution in [0.15, 0.2) is 36.5 Å². The molecular weight excluding hydrogens is 328 g/mol. The number of para-hydroxylation sites is 1. The Morgan fingerprint density at radius 3 is 2.81 bits per heavy atom. The number of anilines is 1. The first-order valence-electron chi connectivity index (χ1n) is 9.26. The fraction of sp³-hybridized carbons (Fsp3) is 0.450. The second kappa shape index (κ2) is 9.17. The van der Waals surface area contributed by atoms with Crippen molar-refractivity contribution in [1.82, 2.24) is 15.3 Å². The fourth-order valence-electron chi connectivity index (χ4n) is 3.30. The van der Waals surface area contributed by atoms with Crippen LogP contribution in [0.1, 0.15) is 48.2 Å². The summed E-state index contributed by atoms with van der Waals surface area (Å²) in [6.45, 7) is 0.661. The largest absolute Gasteiger partial charge is 0.496 e. The number of carbonyl (C=O) groups excluding carboxylic acids is 1. The molecular formula is C20H26N4O2. The van der Waals surface area contributed by atoms with Crippen LogP contribution in [0, 0.1) is 0 Å². The Hall–Kier alpha value is -2.63. The van der Waals surface area contributed by atoms with Crippen molar-refractivity contribution in [1.29, 1.82) is 0 Å². The molecule has 3 rings (SSSR count). The van der Waals surface area contributed by atoms with E-state index in [0.717, 1.165) is 30.6 Å². The number of aromatic nitrogens is 2. The molecule has 1 amide bonds. The average molecular weight is 354 g/mol. The second-order valence-electron chi connectivity index (χ2n) is 6.56. The van der Waals surface area contributed by atoms with Crippen molar-refractivity contribution in [2.45, 2.75) is 44.6 Å². The average Bonchev–Trinajstić information content (AvgIpc) is 2.69. The molecule has 1 heterocycles. The highest BCUT2D eigenvalue weighted by Crippen LogP contribution is 2.18. The van der Waals surface area contributed by atoms with Gasteiger partial charge in [0.1, 0.15) is 11.4 Å². The van der Waals surface area contributed by atoms with E-state index in [4.69, 9.17) is 4.74 Å². The summed E-state index contributed by atoms with van der Waals surface area (Å²) in [5.41, 5.74) is 1.53. The van der Waals surface area contributed by atoms with Crippen molar-refractivity contribution >= 4 is 11.9 Å². The van der Waals surface area contributed by atoms with Crippen molar-refractivity contribution < 1.29 is 9.53 Å². The molecule has 1 aromatic carbocycles. The van der Waals surface area contributed by atoms with Crippen LogP contribution in [0.2, 0.25) is 0 Å². The third kappa shape index (κ3) is 4.94. The highest BCUT2D eigenvalue weighted by Gasteiger charge is 2.17. The summed E-state index contributed by atoms with van der Waals surface area (Å²) in [5.74, 6) is 1.22. The molecule has 0 atom stereocenters. The number of nitrogens with one attached hydrogen (secondary N) is 2. The molecule has 138 valence electrons. The Bertz CT molecular complexity index is 729. The first-order chi connectivity index (χ1) is 12.8. The van der Waals surface area contributed by atoms with Gasteiger partial charge in [-0.3, -0.25) is 4.79 Å². The minimum Gasteiger partial charge on any atom is -0.496 e. The number of hydrogen-bond donors (Lipinski definition) is 2. The summed E-state index contributed by atoms with van der Waals surface area (Å²) in [4.78, 5) is 21.0. The van der Waals surface area contributed by atoms with Gasteiger partial charge in [0.15, 0.2) is 0 Å². The molecule has 1 saturated carbocycles. The minimum absolute atomic E-state index is 0.118. The maximum absolute atomic E-state index is 12.4. The molecule has 0 spiro atoms. The van der Waals surface area contributed by atoms with Gasteiger partial charge in [0.05, 0.1) is 7.11 Å². The summed E-state index contributed by atoms with van der Waals surface area (Å²) in [6, 6.07) is 9.85. The van der Waals surface area contributed by atoms with Crippen LogP contribution in [0.4, 0.5) is 5.95 Å². The van der Waals surface area contributed by atoms with Gasteiger partial charge in [-0.05, 0) is 37.0 Å². The Morgan fingerprint density at radius 2 is 2.00 bits per heavy atom.